The number of aliphatic hydroxyl groups excluding tert-OH is 1. The molecular formula is C16H17ClN2O3. The largest absolute Gasteiger partial charge is 0.478 e. The molecule has 116 valence electrons. The van der Waals surface area contributed by atoms with Crippen molar-refractivity contribution in [2.75, 3.05) is 25.1 Å². The summed E-state index contributed by atoms with van der Waals surface area (Å²) < 4.78 is 0. The van der Waals surface area contributed by atoms with Crippen molar-refractivity contribution < 1.29 is 15.0 Å². The number of hydrogen-bond donors (Lipinski definition) is 2. The predicted octanol–water partition coefficient (Wildman–Crippen LogP) is 2.84. The smallest absolute Gasteiger partial charge is 0.340 e. The van der Waals surface area contributed by atoms with Gasteiger partial charge >= 0.3 is 5.97 Å². The first-order valence-corrected chi connectivity index (χ1v) is 7.14. The number of hydrogen-bond acceptors (Lipinski definition) is 4. The van der Waals surface area contributed by atoms with Gasteiger partial charge in [0.2, 0.25) is 0 Å². The van der Waals surface area contributed by atoms with Crippen LogP contribution in [0.25, 0.3) is 11.1 Å². The van der Waals surface area contributed by atoms with E-state index in [2.05, 4.69) is 4.98 Å². The molecule has 0 aliphatic rings. The van der Waals surface area contributed by atoms with Gasteiger partial charge in [0.1, 0.15) is 11.4 Å². The van der Waals surface area contributed by atoms with E-state index in [0.29, 0.717) is 28.6 Å². The third-order valence-electron chi connectivity index (χ3n) is 3.29. The van der Waals surface area contributed by atoms with Crippen LogP contribution in [0.2, 0.25) is 5.02 Å². The first kappa shape index (κ1) is 16.3. The number of carbonyl (C=O) groups is 1. The predicted molar refractivity (Wildman–Crippen MR) is 86.7 cm³/mol. The molecule has 2 aromatic rings. The van der Waals surface area contributed by atoms with Crippen LogP contribution in [0, 0.1) is 6.92 Å². The highest BCUT2D eigenvalue weighted by Crippen LogP contribution is 2.31. The summed E-state index contributed by atoms with van der Waals surface area (Å²) in [7, 11) is 1.70. The molecule has 0 fully saturated rings. The van der Waals surface area contributed by atoms with Gasteiger partial charge in [-0.3, -0.25) is 0 Å². The Labute approximate surface area is 133 Å². The minimum absolute atomic E-state index is 0.0819. The summed E-state index contributed by atoms with van der Waals surface area (Å²) in [6, 6.07) is 8.73. The Balaban J connectivity index is 2.67. The Morgan fingerprint density at radius 3 is 2.50 bits per heavy atom. The summed E-state index contributed by atoms with van der Waals surface area (Å²) in [4.78, 5) is 17.7. The lowest BCUT2D eigenvalue weighted by molar-refractivity contribution is 0.0698. The lowest BCUT2D eigenvalue weighted by Crippen LogP contribution is -2.25. The number of aromatic carboxylic acids is 1. The molecule has 2 N–H and O–H groups in total. The second kappa shape index (κ2) is 6.77. The number of likely N-dealkylation sites (N-methyl/N-ethyl adjacent to an activating group) is 1. The third kappa shape index (κ3) is 3.37. The van der Waals surface area contributed by atoms with Gasteiger partial charge in [0.15, 0.2) is 0 Å². The molecule has 0 bridgehead atoms. The highest BCUT2D eigenvalue weighted by molar-refractivity contribution is 6.30. The van der Waals surface area contributed by atoms with Crippen molar-refractivity contribution in [1.29, 1.82) is 0 Å². The van der Waals surface area contributed by atoms with E-state index in [4.69, 9.17) is 16.7 Å². The average Bonchev–Trinajstić information content (AvgIpc) is 2.47. The number of benzene rings is 1. The number of rotatable bonds is 5. The molecule has 5 nitrogen and oxygen atoms in total. The van der Waals surface area contributed by atoms with Crippen LogP contribution < -0.4 is 4.90 Å². The molecule has 0 radical (unpaired) electrons. The van der Waals surface area contributed by atoms with Crippen LogP contribution in [0.1, 0.15) is 16.1 Å². The molecule has 0 spiro atoms. The highest BCUT2D eigenvalue weighted by atomic mass is 35.5. The van der Waals surface area contributed by atoms with E-state index in [1.807, 2.05) is 0 Å². The molecule has 1 aromatic heterocycles. The van der Waals surface area contributed by atoms with Gasteiger partial charge in [0.05, 0.1) is 6.61 Å². The first-order chi connectivity index (χ1) is 10.4. The van der Waals surface area contributed by atoms with Crippen molar-refractivity contribution in [3.05, 3.63) is 46.6 Å². The van der Waals surface area contributed by atoms with Crippen molar-refractivity contribution in [2.45, 2.75) is 6.92 Å². The second-order valence-corrected chi connectivity index (χ2v) is 5.40. The molecule has 0 unspecified atom stereocenters. The summed E-state index contributed by atoms with van der Waals surface area (Å²) in [5.74, 6) is -0.719. The number of carboxylic acid groups (broad SMARTS) is 1. The molecule has 22 heavy (non-hydrogen) atoms. The number of nitrogens with zero attached hydrogens (tertiary/aromatic N) is 2. The van der Waals surface area contributed by atoms with Crippen LogP contribution in [0.3, 0.4) is 0 Å². The fourth-order valence-electron chi connectivity index (χ4n) is 2.26. The zero-order chi connectivity index (χ0) is 16.3. The SMILES string of the molecule is Cc1cc(-c2ccc(Cl)cc2)c(C(=O)O)c(N(C)CCO)n1. The van der Waals surface area contributed by atoms with Gasteiger partial charge in [-0.05, 0) is 30.7 Å². The van der Waals surface area contributed by atoms with Crippen LogP contribution >= 0.6 is 11.6 Å². The normalized spacial score (nSPS) is 10.5. The van der Waals surface area contributed by atoms with E-state index >= 15 is 0 Å². The van der Waals surface area contributed by atoms with Crippen LogP contribution in [0.4, 0.5) is 5.82 Å². The van der Waals surface area contributed by atoms with E-state index < -0.39 is 5.97 Å². The molecule has 0 atom stereocenters. The van der Waals surface area contributed by atoms with Crippen molar-refractivity contribution in [1.82, 2.24) is 4.98 Å². The number of halogens is 1. The number of pyridine rings is 1. The number of carboxylic acids is 1. The van der Waals surface area contributed by atoms with Crippen molar-refractivity contribution in [3.63, 3.8) is 0 Å². The summed E-state index contributed by atoms with van der Waals surface area (Å²) in [5.41, 5.74) is 2.15. The van der Waals surface area contributed by atoms with E-state index in [1.54, 1.807) is 49.2 Å². The van der Waals surface area contributed by atoms with Crippen LogP contribution in [-0.4, -0.2) is 41.4 Å². The van der Waals surface area contributed by atoms with E-state index in [-0.39, 0.29) is 12.2 Å². The Morgan fingerprint density at radius 1 is 1.32 bits per heavy atom. The minimum atomic E-state index is -1.06. The molecule has 0 amide bonds. The molecule has 0 saturated carbocycles. The molecule has 1 heterocycles. The molecule has 2 rings (SSSR count). The highest BCUT2D eigenvalue weighted by Gasteiger charge is 2.21. The Morgan fingerprint density at radius 2 is 1.95 bits per heavy atom. The van der Waals surface area contributed by atoms with Gasteiger partial charge in [-0.2, -0.15) is 0 Å². The number of aliphatic hydroxyl groups is 1. The maximum atomic E-state index is 11.7. The molecule has 0 aliphatic heterocycles. The average molecular weight is 321 g/mol. The Hall–Kier alpha value is -2.11. The van der Waals surface area contributed by atoms with Gasteiger partial charge in [-0.15, -0.1) is 0 Å². The van der Waals surface area contributed by atoms with Crippen LogP contribution in [-0.2, 0) is 0 Å². The van der Waals surface area contributed by atoms with E-state index in [9.17, 15) is 9.90 Å². The van der Waals surface area contributed by atoms with Gasteiger partial charge < -0.3 is 15.1 Å². The maximum absolute atomic E-state index is 11.7. The quantitative estimate of drug-likeness (QED) is 0.886. The van der Waals surface area contributed by atoms with Crippen molar-refractivity contribution in [2.24, 2.45) is 0 Å². The van der Waals surface area contributed by atoms with Gasteiger partial charge in [-0.25, -0.2) is 9.78 Å². The van der Waals surface area contributed by atoms with Crippen LogP contribution in [0.15, 0.2) is 30.3 Å². The van der Waals surface area contributed by atoms with Crippen LogP contribution in [0.5, 0.6) is 0 Å². The number of aromatic nitrogens is 1. The number of anilines is 1. The fourth-order valence-corrected chi connectivity index (χ4v) is 2.38. The van der Waals surface area contributed by atoms with E-state index in [1.165, 1.54) is 0 Å². The lowest BCUT2D eigenvalue weighted by Gasteiger charge is -2.21. The lowest BCUT2D eigenvalue weighted by atomic mass is 9.99. The van der Waals surface area contributed by atoms with Gasteiger partial charge in [0.25, 0.3) is 0 Å². The van der Waals surface area contributed by atoms with E-state index in [0.717, 1.165) is 5.56 Å². The zero-order valence-corrected chi connectivity index (χ0v) is 13.1. The topological polar surface area (TPSA) is 73.7 Å². The van der Waals surface area contributed by atoms with Crippen molar-refractivity contribution in [3.8, 4) is 11.1 Å². The van der Waals surface area contributed by atoms with Gasteiger partial charge in [0, 0.05) is 29.9 Å². The first-order valence-electron chi connectivity index (χ1n) is 6.77. The minimum Gasteiger partial charge on any atom is -0.478 e. The fraction of sp³-hybridized carbons (Fsp3) is 0.250. The Bertz CT molecular complexity index is 687. The standard InChI is InChI=1S/C16H17ClN2O3/c1-10-9-13(11-3-5-12(17)6-4-11)14(16(21)22)15(18-10)19(2)7-8-20/h3-6,9,20H,7-8H2,1-2H3,(H,21,22). The molecule has 1 aromatic carbocycles. The second-order valence-electron chi connectivity index (χ2n) is 4.97. The summed E-state index contributed by atoms with van der Waals surface area (Å²) in [6.07, 6.45) is 0. The third-order valence-corrected chi connectivity index (χ3v) is 3.55. The van der Waals surface area contributed by atoms with Crippen molar-refractivity contribution >= 4 is 23.4 Å². The summed E-state index contributed by atoms with van der Waals surface area (Å²) in [6.45, 7) is 2.03. The maximum Gasteiger partial charge on any atom is 0.340 e. The Kier molecular flexibility index (Phi) is 5.00. The number of aryl methyl sites for hydroxylation is 1. The molecular weight excluding hydrogens is 304 g/mol. The van der Waals surface area contributed by atoms with Gasteiger partial charge in [-0.1, -0.05) is 23.7 Å². The zero-order valence-electron chi connectivity index (χ0n) is 12.4. The molecule has 0 saturated heterocycles. The molecule has 0 aliphatic carbocycles. The summed E-state index contributed by atoms with van der Waals surface area (Å²) in [5, 5.41) is 19.3. The summed E-state index contributed by atoms with van der Waals surface area (Å²) >= 11 is 5.89. The molecule has 6 heteroatoms. The monoisotopic (exact) mass is 320 g/mol.